The number of morpholine rings is 1. The van der Waals surface area contributed by atoms with Crippen LogP contribution in [0.5, 0.6) is 0 Å². The number of aryl methyl sites for hydroxylation is 3. The van der Waals surface area contributed by atoms with E-state index in [0.29, 0.717) is 31.1 Å². The average Bonchev–Trinajstić information content (AvgIpc) is 2.85. The van der Waals surface area contributed by atoms with Gasteiger partial charge in [-0.1, -0.05) is 0 Å². The highest BCUT2D eigenvalue weighted by atomic mass is 16.5. The van der Waals surface area contributed by atoms with Crippen molar-refractivity contribution in [2.24, 2.45) is 7.05 Å². The first-order valence-electron chi connectivity index (χ1n) is 7.25. The minimum absolute atomic E-state index is 0.0217. The molecule has 0 radical (unpaired) electrons. The van der Waals surface area contributed by atoms with Gasteiger partial charge in [-0.05, 0) is 19.9 Å². The van der Waals surface area contributed by atoms with Crippen LogP contribution in [-0.4, -0.2) is 50.3 Å². The maximum Gasteiger partial charge on any atom is 0.257 e. The Labute approximate surface area is 128 Å². The zero-order valence-corrected chi connectivity index (χ0v) is 13.0. The summed E-state index contributed by atoms with van der Waals surface area (Å²) in [4.78, 5) is 23.1. The second-order valence-electron chi connectivity index (χ2n) is 5.47. The number of hydrogen-bond acceptors (Lipinski definition) is 5. The van der Waals surface area contributed by atoms with Crippen molar-refractivity contribution < 1.29 is 9.53 Å². The lowest BCUT2D eigenvalue weighted by Gasteiger charge is -2.32. The molecule has 1 saturated heterocycles. The smallest absolute Gasteiger partial charge is 0.257 e. The van der Waals surface area contributed by atoms with Crippen LogP contribution in [0.15, 0.2) is 18.5 Å². The Hall–Kier alpha value is -2.28. The fourth-order valence-electron chi connectivity index (χ4n) is 2.59. The van der Waals surface area contributed by atoms with Gasteiger partial charge in [-0.3, -0.25) is 9.48 Å². The fourth-order valence-corrected chi connectivity index (χ4v) is 2.59. The Morgan fingerprint density at radius 1 is 1.41 bits per heavy atom. The van der Waals surface area contributed by atoms with Gasteiger partial charge in [0.15, 0.2) is 5.82 Å². The summed E-state index contributed by atoms with van der Waals surface area (Å²) in [6.07, 6.45) is 3.19. The SMILES string of the molecule is Cc1ccnc(C2CN(C(=O)c3cn(C)nc3C)CCO2)n1. The minimum Gasteiger partial charge on any atom is -0.367 e. The van der Waals surface area contributed by atoms with E-state index in [2.05, 4.69) is 15.1 Å². The van der Waals surface area contributed by atoms with Crippen LogP contribution in [0.4, 0.5) is 0 Å². The lowest BCUT2D eigenvalue weighted by molar-refractivity contribution is -0.0269. The first kappa shape index (κ1) is 14.6. The van der Waals surface area contributed by atoms with E-state index in [1.165, 1.54) is 0 Å². The molecule has 1 aliphatic heterocycles. The summed E-state index contributed by atoms with van der Waals surface area (Å²) in [5.74, 6) is 0.604. The quantitative estimate of drug-likeness (QED) is 0.828. The Kier molecular flexibility index (Phi) is 3.89. The van der Waals surface area contributed by atoms with Gasteiger partial charge in [0.1, 0.15) is 6.10 Å². The highest BCUT2D eigenvalue weighted by Crippen LogP contribution is 2.21. The topological polar surface area (TPSA) is 73.1 Å². The third kappa shape index (κ3) is 2.85. The first-order chi connectivity index (χ1) is 10.5. The molecular weight excluding hydrogens is 282 g/mol. The number of ether oxygens (including phenoxy) is 1. The molecule has 1 aliphatic rings. The molecule has 0 saturated carbocycles. The van der Waals surface area contributed by atoms with E-state index < -0.39 is 0 Å². The summed E-state index contributed by atoms with van der Waals surface area (Å²) in [6, 6.07) is 1.84. The number of nitrogens with zero attached hydrogens (tertiary/aromatic N) is 5. The van der Waals surface area contributed by atoms with Crippen molar-refractivity contribution >= 4 is 5.91 Å². The molecule has 0 bridgehead atoms. The van der Waals surface area contributed by atoms with Gasteiger partial charge in [-0.25, -0.2) is 9.97 Å². The number of carbonyl (C=O) groups is 1. The first-order valence-corrected chi connectivity index (χ1v) is 7.25. The van der Waals surface area contributed by atoms with E-state index in [4.69, 9.17) is 4.74 Å². The van der Waals surface area contributed by atoms with Gasteiger partial charge in [0.25, 0.3) is 5.91 Å². The van der Waals surface area contributed by atoms with Gasteiger partial charge in [-0.15, -0.1) is 0 Å². The van der Waals surface area contributed by atoms with E-state index >= 15 is 0 Å². The Bertz CT molecular complexity index is 697. The number of carbonyl (C=O) groups excluding carboxylic acids is 1. The molecule has 3 rings (SSSR count). The Morgan fingerprint density at radius 3 is 2.91 bits per heavy atom. The molecule has 0 spiro atoms. The predicted molar refractivity (Wildman–Crippen MR) is 79.3 cm³/mol. The van der Waals surface area contributed by atoms with Crippen molar-refractivity contribution in [2.75, 3.05) is 19.7 Å². The number of aromatic nitrogens is 4. The third-order valence-electron chi connectivity index (χ3n) is 3.70. The van der Waals surface area contributed by atoms with Crippen molar-refractivity contribution in [3.8, 4) is 0 Å². The van der Waals surface area contributed by atoms with Crippen LogP contribution in [0.1, 0.15) is 33.7 Å². The molecule has 1 unspecified atom stereocenters. The number of amides is 1. The van der Waals surface area contributed by atoms with Crippen LogP contribution in [0.25, 0.3) is 0 Å². The zero-order chi connectivity index (χ0) is 15.7. The van der Waals surface area contributed by atoms with Gasteiger partial charge < -0.3 is 9.64 Å². The summed E-state index contributed by atoms with van der Waals surface area (Å²) in [5, 5.41) is 4.23. The average molecular weight is 301 g/mol. The fraction of sp³-hybridized carbons (Fsp3) is 0.467. The van der Waals surface area contributed by atoms with Crippen LogP contribution in [-0.2, 0) is 11.8 Å². The maximum atomic E-state index is 12.7. The highest BCUT2D eigenvalue weighted by molar-refractivity contribution is 5.95. The zero-order valence-electron chi connectivity index (χ0n) is 13.0. The van der Waals surface area contributed by atoms with E-state index in [1.54, 1.807) is 22.0 Å². The van der Waals surface area contributed by atoms with Crippen molar-refractivity contribution in [3.05, 3.63) is 41.2 Å². The maximum absolute atomic E-state index is 12.7. The van der Waals surface area contributed by atoms with Crippen molar-refractivity contribution in [3.63, 3.8) is 0 Å². The van der Waals surface area contributed by atoms with Gasteiger partial charge in [0.2, 0.25) is 0 Å². The Morgan fingerprint density at radius 2 is 2.23 bits per heavy atom. The number of hydrogen-bond donors (Lipinski definition) is 0. The highest BCUT2D eigenvalue weighted by Gasteiger charge is 2.29. The monoisotopic (exact) mass is 301 g/mol. The molecular formula is C15H19N5O2. The third-order valence-corrected chi connectivity index (χ3v) is 3.70. The molecule has 0 aliphatic carbocycles. The molecule has 0 N–H and O–H groups in total. The Balaban J connectivity index is 1.78. The van der Waals surface area contributed by atoms with E-state index in [-0.39, 0.29) is 12.0 Å². The molecule has 116 valence electrons. The van der Waals surface area contributed by atoms with Crippen LogP contribution in [0.3, 0.4) is 0 Å². The predicted octanol–water partition coefficient (Wildman–Crippen LogP) is 1.04. The standard InChI is InChI=1S/C15H19N5O2/c1-10-4-5-16-14(17-10)13-9-20(6-7-22-13)15(21)12-8-19(3)18-11(12)2/h4-5,8,13H,6-7,9H2,1-3H3. The van der Waals surface area contributed by atoms with E-state index in [0.717, 1.165) is 11.4 Å². The van der Waals surface area contributed by atoms with Gasteiger partial charge in [-0.2, -0.15) is 5.10 Å². The summed E-state index contributed by atoms with van der Waals surface area (Å²) < 4.78 is 7.39. The summed E-state index contributed by atoms with van der Waals surface area (Å²) in [5.41, 5.74) is 2.26. The number of rotatable bonds is 2. The lowest BCUT2D eigenvalue weighted by Crippen LogP contribution is -2.42. The summed E-state index contributed by atoms with van der Waals surface area (Å²) in [6.45, 7) is 5.25. The normalized spacial score (nSPS) is 18.5. The molecule has 3 heterocycles. The molecule has 2 aromatic rings. The second-order valence-corrected chi connectivity index (χ2v) is 5.47. The molecule has 1 atom stereocenters. The van der Waals surface area contributed by atoms with Crippen LogP contribution >= 0.6 is 0 Å². The molecule has 1 amide bonds. The molecule has 7 heteroatoms. The van der Waals surface area contributed by atoms with Crippen LogP contribution < -0.4 is 0 Å². The van der Waals surface area contributed by atoms with Gasteiger partial charge in [0, 0.05) is 31.7 Å². The van der Waals surface area contributed by atoms with Gasteiger partial charge in [0.05, 0.1) is 24.4 Å². The summed E-state index contributed by atoms with van der Waals surface area (Å²) >= 11 is 0. The molecule has 2 aromatic heterocycles. The summed E-state index contributed by atoms with van der Waals surface area (Å²) in [7, 11) is 1.81. The molecule has 0 aromatic carbocycles. The molecule has 22 heavy (non-hydrogen) atoms. The van der Waals surface area contributed by atoms with Gasteiger partial charge >= 0.3 is 0 Å². The van der Waals surface area contributed by atoms with E-state index in [9.17, 15) is 4.79 Å². The second kappa shape index (κ2) is 5.84. The van der Waals surface area contributed by atoms with E-state index in [1.807, 2.05) is 27.0 Å². The molecule has 7 nitrogen and oxygen atoms in total. The van der Waals surface area contributed by atoms with Crippen LogP contribution in [0.2, 0.25) is 0 Å². The minimum atomic E-state index is -0.283. The van der Waals surface area contributed by atoms with Crippen LogP contribution in [0, 0.1) is 13.8 Å². The van der Waals surface area contributed by atoms with Crippen molar-refractivity contribution in [1.82, 2.24) is 24.6 Å². The van der Waals surface area contributed by atoms with Crippen molar-refractivity contribution in [2.45, 2.75) is 20.0 Å². The largest absolute Gasteiger partial charge is 0.367 e. The van der Waals surface area contributed by atoms with Crippen molar-refractivity contribution in [1.29, 1.82) is 0 Å². The molecule has 1 fully saturated rings. The lowest BCUT2D eigenvalue weighted by atomic mass is 10.2.